The van der Waals surface area contributed by atoms with E-state index in [1.54, 1.807) is 30.0 Å². The van der Waals surface area contributed by atoms with Gasteiger partial charge in [0.25, 0.3) is 0 Å². The first-order valence-corrected chi connectivity index (χ1v) is 8.28. The van der Waals surface area contributed by atoms with Crippen LogP contribution in [0.3, 0.4) is 0 Å². The van der Waals surface area contributed by atoms with Gasteiger partial charge in [0.1, 0.15) is 6.54 Å². The molecule has 5 nitrogen and oxygen atoms in total. The highest BCUT2D eigenvalue weighted by Crippen LogP contribution is 2.17. The van der Waals surface area contributed by atoms with Crippen LogP contribution < -0.4 is 10.7 Å². The van der Waals surface area contributed by atoms with Gasteiger partial charge in [0.15, 0.2) is 0 Å². The first-order chi connectivity index (χ1) is 11.2. The topological polar surface area (TPSA) is 64.0 Å². The van der Waals surface area contributed by atoms with Gasteiger partial charge in [-0.2, -0.15) is 5.10 Å². The van der Waals surface area contributed by atoms with Gasteiger partial charge in [0.2, 0.25) is 11.3 Å². The molecule has 0 bridgehead atoms. The van der Waals surface area contributed by atoms with Crippen molar-refractivity contribution in [2.75, 3.05) is 11.6 Å². The molecule has 0 radical (unpaired) electrons. The summed E-state index contributed by atoms with van der Waals surface area (Å²) in [7, 11) is 0. The smallest absolute Gasteiger partial charge is 0.246 e. The minimum Gasteiger partial charge on any atom is -0.324 e. The van der Waals surface area contributed by atoms with Crippen molar-refractivity contribution in [1.29, 1.82) is 0 Å². The fourth-order valence-corrected chi connectivity index (χ4v) is 2.71. The number of rotatable bonds is 4. The summed E-state index contributed by atoms with van der Waals surface area (Å²) >= 11 is 1.65. The van der Waals surface area contributed by atoms with Gasteiger partial charge in [-0.25, -0.2) is 0 Å². The molecule has 0 fully saturated rings. The van der Waals surface area contributed by atoms with Gasteiger partial charge in [-0.1, -0.05) is 12.1 Å². The minimum absolute atomic E-state index is 0.0467. The molecule has 3 aromatic rings. The highest BCUT2D eigenvalue weighted by molar-refractivity contribution is 7.98. The van der Waals surface area contributed by atoms with Gasteiger partial charge >= 0.3 is 0 Å². The third kappa shape index (κ3) is 3.43. The number of hydrogen-bond acceptors (Lipinski definition) is 4. The van der Waals surface area contributed by atoms with E-state index in [0.29, 0.717) is 10.9 Å². The Labute approximate surface area is 137 Å². The van der Waals surface area contributed by atoms with Gasteiger partial charge in [0.05, 0.1) is 11.7 Å². The monoisotopic (exact) mass is 325 g/mol. The van der Waals surface area contributed by atoms with Crippen LogP contribution in [0.15, 0.2) is 64.4 Å². The molecule has 0 spiro atoms. The lowest BCUT2D eigenvalue weighted by atomic mass is 10.2. The summed E-state index contributed by atoms with van der Waals surface area (Å²) in [4.78, 5) is 25.1. The third-order valence-corrected chi connectivity index (χ3v) is 4.17. The van der Waals surface area contributed by atoms with Crippen LogP contribution in [0, 0.1) is 0 Å². The zero-order chi connectivity index (χ0) is 16.2. The molecule has 0 aliphatic rings. The molecular formula is C17H15N3O2S. The van der Waals surface area contributed by atoms with E-state index >= 15 is 0 Å². The quantitative estimate of drug-likeness (QED) is 0.749. The summed E-state index contributed by atoms with van der Waals surface area (Å²) in [6.07, 6.45) is 3.24. The van der Waals surface area contributed by atoms with E-state index in [1.165, 1.54) is 10.9 Å². The highest BCUT2D eigenvalue weighted by Gasteiger charge is 2.08. The number of amides is 1. The van der Waals surface area contributed by atoms with Crippen LogP contribution in [0.1, 0.15) is 0 Å². The summed E-state index contributed by atoms with van der Waals surface area (Å²) in [6.45, 7) is 0.0467. The lowest BCUT2D eigenvalue weighted by molar-refractivity contribution is -0.116. The number of benzene rings is 2. The van der Waals surface area contributed by atoms with Crippen LogP contribution in [0.2, 0.25) is 0 Å². The number of nitrogens with zero attached hydrogens (tertiary/aromatic N) is 2. The Bertz CT molecular complexity index is 904. The maximum absolute atomic E-state index is 12.2. The number of nitrogens with one attached hydrogen (secondary N) is 1. The lowest BCUT2D eigenvalue weighted by Gasteiger charge is -2.10. The van der Waals surface area contributed by atoms with Crippen molar-refractivity contribution >= 4 is 34.3 Å². The second-order valence-electron chi connectivity index (χ2n) is 4.96. The Hall–Kier alpha value is -2.60. The average molecular weight is 325 g/mol. The molecule has 0 saturated heterocycles. The molecule has 23 heavy (non-hydrogen) atoms. The van der Waals surface area contributed by atoms with Crippen LogP contribution in [0.5, 0.6) is 0 Å². The van der Waals surface area contributed by atoms with Crippen molar-refractivity contribution in [2.45, 2.75) is 11.4 Å². The summed E-state index contributed by atoms with van der Waals surface area (Å²) < 4.78 is 1.53. The Kier molecular flexibility index (Phi) is 4.43. The molecule has 1 amide bonds. The first kappa shape index (κ1) is 15.3. The number of carbonyl (C=O) groups excluding carboxylic acids is 1. The van der Waals surface area contributed by atoms with Gasteiger partial charge in [-0.3, -0.25) is 14.3 Å². The average Bonchev–Trinajstić information content (AvgIpc) is 2.58. The van der Waals surface area contributed by atoms with Crippen molar-refractivity contribution in [3.05, 3.63) is 65.0 Å². The standard InChI is InChI=1S/C17H15N3O2S/c1-23-13-8-6-12(7-9-13)19-17(22)11-20-15-5-3-2-4-14(15)16(21)10-18-20/h2-10H,11H2,1H3,(H,19,22). The van der Waals surface area contributed by atoms with E-state index in [1.807, 2.05) is 36.6 Å². The number of carbonyl (C=O) groups is 1. The maximum Gasteiger partial charge on any atom is 0.246 e. The Morgan fingerprint density at radius 3 is 2.65 bits per heavy atom. The predicted octanol–water partition coefficient (Wildman–Crippen LogP) is 2.76. The maximum atomic E-state index is 12.2. The second kappa shape index (κ2) is 6.66. The highest BCUT2D eigenvalue weighted by atomic mass is 32.2. The molecule has 0 unspecified atom stereocenters. The summed E-state index contributed by atoms with van der Waals surface area (Å²) in [5.74, 6) is -0.191. The number of fused-ring (bicyclic) bond motifs is 1. The van der Waals surface area contributed by atoms with Gasteiger partial charge in [-0.15, -0.1) is 11.8 Å². The fourth-order valence-electron chi connectivity index (χ4n) is 2.30. The SMILES string of the molecule is CSc1ccc(NC(=O)Cn2ncc(=O)c3ccccc32)cc1. The number of aromatic nitrogens is 2. The van der Waals surface area contributed by atoms with E-state index in [2.05, 4.69) is 10.4 Å². The lowest BCUT2D eigenvalue weighted by Crippen LogP contribution is -2.22. The third-order valence-electron chi connectivity index (χ3n) is 3.43. The molecule has 0 aliphatic heterocycles. The van der Waals surface area contributed by atoms with E-state index in [0.717, 1.165) is 10.6 Å². The molecule has 0 aliphatic carbocycles. The van der Waals surface area contributed by atoms with Gasteiger partial charge in [-0.05, 0) is 42.7 Å². The van der Waals surface area contributed by atoms with Crippen LogP contribution in [-0.4, -0.2) is 21.9 Å². The van der Waals surface area contributed by atoms with Crippen molar-refractivity contribution in [2.24, 2.45) is 0 Å². The number of para-hydroxylation sites is 1. The van der Waals surface area contributed by atoms with Crippen molar-refractivity contribution < 1.29 is 4.79 Å². The van der Waals surface area contributed by atoms with E-state index in [-0.39, 0.29) is 17.9 Å². The van der Waals surface area contributed by atoms with Gasteiger partial charge in [0, 0.05) is 16.0 Å². The largest absolute Gasteiger partial charge is 0.324 e. The zero-order valence-electron chi connectivity index (χ0n) is 12.5. The van der Waals surface area contributed by atoms with Gasteiger partial charge < -0.3 is 5.32 Å². The molecular weight excluding hydrogens is 310 g/mol. The van der Waals surface area contributed by atoms with Crippen molar-refractivity contribution in [3.63, 3.8) is 0 Å². The molecule has 1 heterocycles. The van der Waals surface area contributed by atoms with E-state index < -0.39 is 0 Å². The van der Waals surface area contributed by atoms with Crippen LogP contribution in [0.25, 0.3) is 10.9 Å². The minimum atomic E-state index is -0.191. The molecule has 116 valence electrons. The van der Waals surface area contributed by atoms with Crippen molar-refractivity contribution in [3.8, 4) is 0 Å². The number of thioether (sulfide) groups is 1. The zero-order valence-corrected chi connectivity index (χ0v) is 13.3. The summed E-state index contributed by atoms with van der Waals surface area (Å²) in [5, 5.41) is 7.44. The van der Waals surface area contributed by atoms with Crippen LogP contribution in [-0.2, 0) is 11.3 Å². The molecule has 6 heteroatoms. The molecule has 1 N–H and O–H groups in total. The molecule has 2 aromatic carbocycles. The second-order valence-corrected chi connectivity index (χ2v) is 5.84. The number of anilines is 1. The van der Waals surface area contributed by atoms with Crippen molar-refractivity contribution in [1.82, 2.24) is 9.78 Å². The van der Waals surface area contributed by atoms with E-state index in [9.17, 15) is 9.59 Å². The molecule has 1 aromatic heterocycles. The Morgan fingerprint density at radius 2 is 1.91 bits per heavy atom. The van der Waals surface area contributed by atoms with E-state index in [4.69, 9.17) is 0 Å². The Morgan fingerprint density at radius 1 is 1.17 bits per heavy atom. The molecule has 0 saturated carbocycles. The Balaban J connectivity index is 1.80. The summed E-state index contributed by atoms with van der Waals surface area (Å²) in [6, 6.07) is 14.8. The fraction of sp³-hybridized carbons (Fsp3) is 0.118. The normalized spacial score (nSPS) is 10.7. The first-order valence-electron chi connectivity index (χ1n) is 7.06. The van der Waals surface area contributed by atoms with Crippen LogP contribution in [0.4, 0.5) is 5.69 Å². The number of hydrogen-bond donors (Lipinski definition) is 1. The molecule has 3 rings (SSSR count). The molecule has 0 atom stereocenters. The van der Waals surface area contributed by atoms with Crippen LogP contribution >= 0.6 is 11.8 Å². The summed E-state index contributed by atoms with van der Waals surface area (Å²) in [5.41, 5.74) is 1.23. The predicted molar refractivity (Wildman–Crippen MR) is 92.9 cm³/mol.